The fraction of sp³-hybridized carbons (Fsp3) is 0.435. The molecule has 2 fully saturated rings. The number of sulfonamides is 1. The lowest BCUT2D eigenvalue weighted by atomic mass is 10.0. The van der Waals surface area contributed by atoms with Gasteiger partial charge in [0, 0.05) is 25.2 Å². The van der Waals surface area contributed by atoms with Crippen molar-refractivity contribution in [3.05, 3.63) is 64.4 Å². The largest absolute Gasteiger partial charge is 0.373 e. The van der Waals surface area contributed by atoms with E-state index in [-0.39, 0.29) is 58.5 Å². The molecule has 0 spiro atoms. The van der Waals surface area contributed by atoms with E-state index in [1.807, 2.05) is 13.8 Å². The van der Waals surface area contributed by atoms with E-state index < -0.39 is 10.0 Å². The molecule has 9 heteroatoms. The summed E-state index contributed by atoms with van der Waals surface area (Å²) in [5.74, 6) is -0.599. The zero-order valence-corrected chi connectivity index (χ0v) is 19.6. The predicted octanol–water partition coefficient (Wildman–Crippen LogP) is 4.25. The molecule has 0 N–H and O–H groups in total. The number of carbonyl (C=O) groups excluding carboxylic acids is 1. The Bertz CT molecular complexity index is 1100. The van der Waals surface area contributed by atoms with Crippen molar-refractivity contribution >= 4 is 27.5 Å². The van der Waals surface area contributed by atoms with Crippen molar-refractivity contribution in [2.45, 2.75) is 49.8 Å². The van der Waals surface area contributed by atoms with Crippen molar-refractivity contribution in [1.29, 1.82) is 0 Å². The second kappa shape index (κ2) is 9.09. The Morgan fingerprint density at radius 3 is 2.41 bits per heavy atom. The summed E-state index contributed by atoms with van der Waals surface area (Å²) in [4.78, 5) is 15.0. The Hall–Kier alpha value is -2.00. The lowest BCUT2D eigenvalue weighted by molar-refractivity contribution is -0.0440. The first-order chi connectivity index (χ1) is 15.2. The van der Waals surface area contributed by atoms with Crippen LogP contribution in [0, 0.1) is 5.82 Å². The molecular weight excluding hydrogens is 455 g/mol. The van der Waals surface area contributed by atoms with Crippen molar-refractivity contribution in [3.63, 3.8) is 0 Å². The van der Waals surface area contributed by atoms with Crippen LogP contribution in [-0.4, -0.2) is 55.4 Å². The van der Waals surface area contributed by atoms with E-state index in [1.54, 1.807) is 23.1 Å². The number of halogens is 2. The Morgan fingerprint density at radius 1 is 1.09 bits per heavy atom. The maximum atomic E-state index is 13.3. The number of morpholine rings is 1. The molecule has 0 bridgehead atoms. The SMILES string of the molecule is C[C@@H]1CN(S(=O)(=O)c2cc(C(=O)N3CCC[C@H]3c3ccc(F)cc3)ccc2Cl)C[C@H](C)O1. The van der Waals surface area contributed by atoms with Crippen LogP contribution in [0.5, 0.6) is 0 Å². The van der Waals surface area contributed by atoms with Crippen molar-refractivity contribution in [2.24, 2.45) is 0 Å². The molecule has 0 saturated carbocycles. The minimum absolute atomic E-state index is 0.0739. The van der Waals surface area contributed by atoms with Gasteiger partial charge in [-0.15, -0.1) is 0 Å². The first kappa shape index (κ1) is 23.2. The van der Waals surface area contributed by atoms with Crippen molar-refractivity contribution in [2.75, 3.05) is 19.6 Å². The number of benzene rings is 2. The van der Waals surface area contributed by atoms with Gasteiger partial charge in [0.15, 0.2) is 0 Å². The molecule has 2 heterocycles. The van der Waals surface area contributed by atoms with Crippen LogP contribution in [-0.2, 0) is 14.8 Å². The summed E-state index contributed by atoms with van der Waals surface area (Å²) in [5, 5.41) is 0.0739. The maximum absolute atomic E-state index is 13.3. The molecular formula is C23H26ClFN2O4S. The van der Waals surface area contributed by atoms with Crippen molar-refractivity contribution in [3.8, 4) is 0 Å². The van der Waals surface area contributed by atoms with E-state index in [0.717, 1.165) is 18.4 Å². The van der Waals surface area contributed by atoms with E-state index >= 15 is 0 Å². The highest BCUT2D eigenvalue weighted by atomic mass is 35.5. The molecule has 2 saturated heterocycles. The zero-order chi connectivity index (χ0) is 23.0. The molecule has 2 aliphatic heterocycles. The molecule has 0 aliphatic carbocycles. The van der Waals surface area contributed by atoms with Crippen LogP contribution in [0.4, 0.5) is 4.39 Å². The lowest BCUT2D eigenvalue weighted by Crippen LogP contribution is -2.48. The second-order valence-corrected chi connectivity index (χ2v) is 10.7. The van der Waals surface area contributed by atoms with Gasteiger partial charge in [0.2, 0.25) is 10.0 Å². The van der Waals surface area contributed by atoms with Crippen molar-refractivity contribution in [1.82, 2.24) is 9.21 Å². The molecule has 0 unspecified atom stereocenters. The van der Waals surface area contributed by atoms with Crippen LogP contribution >= 0.6 is 11.6 Å². The summed E-state index contributed by atoms with van der Waals surface area (Å²) in [6, 6.07) is 10.3. The number of hydrogen-bond donors (Lipinski definition) is 0. The highest BCUT2D eigenvalue weighted by Gasteiger charge is 2.35. The van der Waals surface area contributed by atoms with Crippen LogP contribution < -0.4 is 0 Å². The van der Waals surface area contributed by atoms with Gasteiger partial charge in [-0.25, -0.2) is 12.8 Å². The summed E-state index contributed by atoms with van der Waals surface area (Å²) in [5.41, 5.74) is 1.12. The molecule has 32 heavy (non-hydrogen) atoms. The minimum atomic E-state index is -3.90. The zero-order valence-electron chi connectivity index (χ0n) is 18.0. The topological polar surface area (TPSA) is 66.9 Å². The summed E-state index contributed by atoms with van der Waals surface area (Å²) in [7, 11) is -3.90. The third-order valence-electron chi connectivity index (χ3n) is 5.95. The standard InChI is InChI=1S/C23H26ClFN2O4S/c1-15-13-26(14-16(2)31-15)32(29,30)22-12-18(7-10-20(22)24)23(28)27-11-3-4-21(27)17-5-8-19(25)9-6-17/h5-10,12,15-16,21H,3-4,11,13-14H2,1-2H3/t15-,16+,21-/m0/s1. The van der Waals surface area contributed by atoms with Crippen LogP contribution in [0.1, 0.15) is 48.7 Å². The van der Waals surface area contributed by atoms with Gasteiger partial charge >= 0.3 is 0 Å². The fourth-order valence-corrected chi connectivity index (χ4v) is 6.60. The molecule has 3 atom stereocenters. The van der Waals surface area contributed by atoms with Crippen LogP contribution in [0.2, 0.25) is 5.02 Å². The smallest absolute Gasteiger partial charge is 0.254 e. The Balaban J connectivity index is 1.63. The predicted molar refractivity (Wildman–Crippen MR) is 120 cm³/mol. The molecule has 0 radical (unpaired) electrons. The monoisotopic (exact) mass is 480 g/mol. The van der Waals surface area contributed by atoms with Gasteiger partial charge in [0.1, 0.15) is 10.7 Å². The second-order valence-electron chi connectivity index (χ2n) is 8.43. The van der Waals surface area contributed by atoms with E-state index in [9.17, 15) is 17.6 Å². The highest BCUT2D eigenvalue weighted by Crippen LogP contribution is 2.34. The maximum Gasteiger partial charge on any atom is 0.254 e. The molecule has 172 valence electrons. The normalized spacial score (nSPS) is 24.6. The number of hydrogen-bond acceptors (Lipinski definition) is 4. The van der Waals surface area contributed by atoms with E-state index in [1.165, 1.54) is 28.6 Å². The number of rotatable bonds is 4. The van der Waals surface area contributed by atoms with E-state index in [4.69, 9.17) is 16.3 Å². The highest BCUT2D eigenvalue weighted by molar-refractivity contribution is 7.89. The lowest BCUT2D eigenvalue weighted by Gasteiger charge is -2.34. The number of ether oxygens (including phenoxy) is 1. The molecule has 2 aromatic rings. The van der Waals surface area contributed by atoms with Gasteiger partial charge in [-0.2, -0.15) is 4.31 Å². The van der Waals surface area contributed by atoms with Crippen molar-refractivity contribution < 1.29 is 22.3 Å². The van der Waals surface area contributed by atoms with Gasteiger partial charge in [0.05, 0.1) is 23.3 Å². The third-order valence-corrected chi connectivity index (χ3v) is 8.26. The molecule has 0 aromatic heterocycles. The number of nitrogens with zero attached hydrogens (tertiary/aromatic N) is 2. The summed E-state index contributed by atoms with van der Waals surface area (Å²) in [6.45, 7) is 4.63. The average molecular weight is 481 g/mol. The number of amides is 1. The van der Waals surface area contributed by atoms with Gasteiger partial charge in [-0.3, -0.25) is 4.79 Å². The van der Waals surface area contributed by atoms with E-state index in [0.29, 0.717) is 6.54 Å². The first-order valence-corrected chi connectivity index (χ1v) is 12.5. The van der Waals surface area contributed by atoms with Crippen LogP contribution in [0.15, 0.2) is 47.4 Å². The fourth-order valence-electron chi connectivity index (χ4n) is 4.51. The van der Waals surface area contributed by atoms with Crippen LogP contribution in [0.25, 0.3) is 0 Å². The minimum Gasteiger partial charge on any atom is -0.373 e. The van der Waals surface area contributed by atoms with Gasteiger partial charge in [0.25, 0.3) is 5.91 Å². The third kappa shape index (κ3) is 4.55. The summed E-state index contributed by atoms with van der Waals surface area (Å²) < 4.78 is 47.0. The van der Waals surface area contributed by atoms with E-state index in [2.05, 4.69) is 0 Å². The molecule has 6 nitrogen and oxygen atoms in total. The quantitative estimate of drug-likeness (QED) is 0.656. The van der Waals surface area contributed by atoms with Crippen LogP contribution in [0.3, 0.4) is 0 Å². The first-order valence-electron chi connectivity index (χ1n) is 10.7. The molecule has 2 aromatic carbocycles. The number of likely N-dealkylation sites (tertiary alicyclic amines) is 1. The van der Waals surface area contributed by atoms with Gasteiger partial charge < -0.3 is 9.64 Å². The Labute approximate surface area is 193 Å². The number of carbonyl (C=O) groups is 1. The van der Waals surface area contributed by atoms with Gasteiger partial charge in [-0.05, 0) is 62.6 Å². The molecule has 4 rings (SSSR count). The summed E-state index contributed by atoms with van der Waals surface area (Å²) in [6.07, 6.45) is 1.10. The Kier molecular flexibility index (Phi) is 6.58. The molecule has 1 amide bonds. The average Bonchev–Trinajstić information content (AvgIpc) is 3.23. The summed E-state index contributed by atoms with van der Waals surface area (Å²) >= 11 is 6.28. The Morgan fingerprint density at radius 2 is 1.75 bits per heavy atom. The van der Waals surface area contributed by atoms with Gasteiger partial charge in [-0.1, -0.05) is 23.7 Å². The molecule has 2 aliphatic rings.